The van der Waals surface area contributed by atoms with Crippen LogP contribution in [0.25, 0.3) is 0 Å². The number of nitrogens with one attached hydrogen (secondary N) is 1. The first-order chi connectivity index (χ1) is 15.9. The Morgan fingerprint density at radius 1 is 1.15 bits per heavy atom. The zero-order valence-electron chi connectivity index (χ0n) is 19.6. The molecule has 5 rings (SSSR count). The van der Waals surface area contributed by atoms with E-state index in [-0.39, 0.29) is 29.9 Å². The van der Waals surface area contributed by atoms with Gasteiger partial charge in [0.2, 0.25) is 11.8 Å². The summed E-state index contributed by atoms with van der Waals surface area (Å²) in [6.45, 7) is 5.87. The van der Waals surface area contributed by atoms with Crippen molar-refractivity contribution in [2.45, 2.75) is 50.7 Å². The molecule has 2 aromatic rings. The Bertz CT molecular complexity index is 1070. The van der Waals surface area contributed by atoms with Crippen molar-refractivity contribution in [2.24, 2.45) is 0 Å². The third-order valence-electron chi connectivity index (χ3n) is 7.29. The summed E-state index contributed by atoms with van der Waals surface area (Å²) < 4.78 is 5.48. The van der Waals surface area contributed by atoms with Crippen molar-refractivity contribution in [3.63, 3.8) is 0 Å². The fourth-order valence-corrected chi connectivity index (χ4v) is 5.94. The van der Waals surface area contributed by atoms with E-state index in [1.165, 1.54) is 5.69 Å². The van der Waals surface area contributed by atoms with Crippen molar-refractivity contribution < 1.29 is 14.3 Å². The first kappa shape index (κ1) is 21.8. The second kappa shape index (κ2) is 8.37. The third kappa shape index (κ3) is 3.95. The van der Waals surface area contributed by atoms with Crippen LogP contribution in [0.4, 0.5) is 17.1 Å². The lowest BCUT2D eigenvalue weighted by Gasteiger charge is -2.42. The van der Waals surface area contributed by atoms with E-state index >= 15 is 0 Å². The Morgan fingerprint density at radius 2 is 1.97 bits per heavy atom. The number of benzene rings is 2. The quantitative estimate of drug-likeness (QED) is 0.776. The maximum Gasteiger partial charge on any atom is 0.244 e. The van der Waals surface area contributed by atoms with Gasteiger partial charge in [-0.25, -0.2) is 0 Å². The summed E-state index contributed by atoms with van der Waals surface area (Å²) >= 11 is 0. The van der Waals surface area contributed by atoms with Crippen molar-refractivity contribution in [3.8, 4) is 5.75 Å². The van der Waals surface area contributed by atoms with Crippen LogP contribution >= 0.6 is 0 Å². The minimum absolute atomic E-state index is 0.0180. The molecule has 174 valence electrons. The molecule has 0 aliphatic carbocycles. The van der Waals surface area contributed by atoms with Gasteiger partial charge in [-0.2, -0.15) is 0 Å². The Balaban J connectivity index is 1.38. The number of carbonyl (C=O) groups excluding carboxylic acids is 2. The molecule has 33 heavy (non-hydrogen) atoms. The number of likely N-dealkylation sites (tertiary alicyclic amines) is 1. The van der Waals surface area contributed by atoms with Gasteiger partial charge in [-0.15, -0.1) is 0 Å². The van der Waals surface area contributed by atoms with E-state index in [2.05, 4.69) is 41.1 Å². The Kier molecular flexibility index (Phi) is 5.52. The number of fused-ring (bicyclic) bond motifs is 2. The molecule has 2 amide bonds. The SMILES string of the molecule is COc1cccc(N2[C@H]3CCCN(CC(=O)N4CC(=O)Nc5ccccc54)[C@H]3CC2(C)C)c1. The summed E-state index contributed by atoms with van der Waals surface area (Å²) in [6, 6.07) is 16.4. The highest BCUT2D eigenvalue weighted by Crippen LogP contribution is 2.44. The lowest BCUT2D eigenvalue weighted by molar-refractivity contribution is -0.123. The van der Waals surface area contributed by atoms with E-state index in [9.17, 15) is 9.59 Å². The number of rotatable bonds is 4. The van der Waals surface area contributed by atoms with Gasteiger partial charge in [0, 0.05) is 29.4 Å². The number of amides is 2. The van der Waals surface area contributed by atoms with Crippen LogP contribution in [-0.2, 0) is 9.59 Å². The standard InChI is InChI=1S/C26H32N4O3/c1-26(2)15-23-22(30(26)18-8-6-9-19(14-18)33-3)12-7-13-28(23)17-25(32)29-16-24(31)27-20-10-4-5-11-21(20)29/h4-6,8-11,14,22-23H,7,12-13,15-17H2,1-3H3,(H,27,31)/t22-,23-/m0/s1. The molecule has 3 heterocycles. The van der Waals surface area contributed by atoms with E-state index in [1.807, 2.05) is 36.4 Å². The lowest BCUT2D eigenvalue weighted by Crippen LogP contribution is -2.54. The Morgan fingerprint density at radius 3 is 2.79 bits per heavy atom. The van der Waals surface area contributed by atoms with Crippen LogP contribution in [0, 0.1) is 0 Å². The average molecular weight is 449 g/mol. The molecule has 0 unspecified atom stereocenters. The molecule has 0 bridgehead atoms. The number of ether oxygens (including phenoxy) is 1. The van der Waals surface area contributed by atoms with Crippen LogP contribution in [-0.4, -0.2) is 61.1 Å². The maximum absolute atomic E-state index is 13.4. The molecule has 2 fully saturated rings. The van der Waals surface area contributed by atoms with Gasteiger partial charge in [-0.1, -0.05) is 18.2 Å². The summed E-state index contributed by atoms with van der Waals surface area (Å²) in [7, 11) is 1.70. The number of nitrogens with zero attached hydrogens (tertiary/aromatic N) is 3. The number of carbonyl (C=O) groups is 2. The number of hydrogen-bond acceptors (Lipinski definition) is 5. The van der Waals surface area contributed by atoms with E-state index in [0.717, 1.165) is 37.2 Å². The average Bonchev–Trinajstić information content (AvgIpc) is 3.09. The van der Waals surface area contributed by atoms with E-state index in [4.69, 9.17) is 4.74 Å². The molecule has 7 heteroatoms. The molecule has 2 aromatic carbocycles. The number of para-hydroxylation sites is 2. The van der Waals surface area contributed by atoms with Gasteiger partial charge < -0.3 is 15.0 Å². The molecular weight excluding hydrogens is 416 g/mol. The smallest absolute Gasteiger partial charge is 0.244 e. The highest BCUT2D eigenvalue weighted by atomic mass is 16.5. The zero-order chi connectivity index (χ0) is 23.2. The summed E-state index contributed by atoms with van der Waals surface area (Å²) in [5.74, 6) is 0.692. The van der Waals surface area contributed by atoms with Crippen LogP contribution in [0.2, 0.25) is 0 Å². The minimum atomic E-state index is -0.148. The minimum Gasteiger partial charge on any atom is -0.497 e. The van der Waals surface area contributed by atoms with Gasteiger partial charge >= 0.3 is 0 Å². The van der Waals surface area contributed by atoms with Crippen molar-refractivity contribution in [3.05, 3.63) is 48.5 Å². The Labute approximate surface area is 195 Å². The van der Waals surface area contributed by atoms with E-state index in [0.29, 0.717) is 18.3 Å². The third-order valence-corrected chi connectivity index (χ3v) is 7.29. The molecule has 3 aliphatic rings. The first-order valence-corrected chi connectivity index (χ1v) is 11.7. The normalized spacial score (nSPS) is 24.2. The fourth-order valence-electron chi connectivity index (χ4n) is 5.94. The molecule has 0 radical (unpaired) electrons. The number of piperidine rings is 1. The first-order valence-electron chi connectivity index (χ1n) is 11.7. The van der Waals surface area contributed by atoms with Crippen molar-refractivity contribution in [1.82, 2.24) is 4.90 Å². The van der Waals surface area contributed by atoms with Gasteiger partial charge in [-0.3, -0.25) is 19.4 Å². The molecule has 0 aromatic heterocycles. The van der Waals surface area contributed by atoms with Crippen LogP contribution < -0.4 is 19.9 Å². The molecule has 1 N–H and O–H groups in total. The molecule has 2 atom stereocenters. The van der Waals surface area contributed by atoms with Crippen molar-refractivity contribution >= 4 is 28.9 Å². The molecular formula is C26H32N4O3. The molecule has 0 saturated carbocycles. The van der Waals surface area contributed by atoms with Crippen LogP contribution in [0.15, 0.2) is 48.5 Å². The maximum atomic E-state index is 13.4. The van der Waals surface area contributed by atoms with Gasteiger partial charge in [0.05, 0.1) is 25.0 Å². The molecule has 0 spiro atoms. The summed E-state index contributed by atoms with van der Waals surface area (Å²) in [5.41, 5.74) is 2.61. The fraction of sp³-hybridized carbons (Fsp3) is 0.462. The second-order valence-electron chi connectivity index (χ2n) is 9.88. The van der Waals surface area contributed by atoms with Crippen LogP contribution in [0.3, 0.4) is 0 Å². The van der Waals surface area contributed by atoms with E-state index < -0.39 is 0 Å². The topological polar surface area (TPSA) is 65.1 Å². The van der Waals surface area contributed by atoms with Gasteiger partial charge in [0.15, 0.2) is 0 Å². The van der Waals surface area contributed by atoms with Gasteiger partial charge in [0.25, 0.3) is 0 Å². The molecule has 3 aliphatic heterocycles. The predicted octanol–water partition coefficient (Wildman–Crippen LogP) is 3.50. The number of methoxy groups -OCH3 is 1. The highest BCUT2D eigenvalue weighted by Gasteiger charge is 2.50. The van der Waals surface area contributed by atoms with E-state index in [1.54, 1.807) is 12.0 Å². The number of hydrogen-bond donors (Lipinski definition) is 1. The highest BCUT2D eigenvalue weighted by molar-refractivity contribution is 6.10. The second-order valence-corrected chi connectivity index (χ2v) is 9.88. The predicted molar refractivity (Wildman–Crippen MR) is 130 cm³/mol. The molecule has 7 nitrogen and oxygen atoms in total. The monoisotopic (exact) mass is 448 g/mol. The van der Waals surface area contributed by atoms with Gasteiger partial charge in [0.1, 0.15) is 12.3 Å². The van der Waals surface area contributed by atoms with Crippen molar-refractivity contribution in [2.75, 3.05) is 41.9 Å². The molecule has 2 saturated heterocycles. The largest absolute Gasteiger partial charge is 0.497 e. The number of anilines is 3. The summed E-state index contributed by atoms with van der Waals surface area (Å²) in [4.78, 5) is 32.2. The van der Waals surface area contributed by atoms with Crippen molar-refractivity contribution in [1.29, 1.82) is 0 Å². The lowest BCUT2D eigenvalue weighted by atomic mass is 9.94. The zero-order valence-corrected chi connectivity index (χ0v) is 19.6. The summed E-state index contributed by atoms with van der Waals surface area (Å²) in [5, 5.41) is 2.87. The Hall–Kier alpha value is -3.06. The van der Waals surface area contributed by atoms with Gasteiger partial charge in [-0.05, 0) is 63.9 Å². The summed E-state index contributed by atoms with van der Waals surface area (Å²) in [6.07, 6.45) is 3.13. The van der Waals surface area contributed by atoms with Crippen LogP contribution in [0.1, 0.15) is 33.1 Å². The van der Waals surface area contributed by atoms with Crippen LogP contribution in [0.5, 0.6) is 5.75 Å².